The molecule has 24 heavy (non-hydrogen) atoms. The summed E-state index contributed by atoms with van der Waals surface area (Å²) in [4.78, 5) is 26.5. The average Bonchev–Trinajstić information content (AvgIpc) is 2.84. The lowest BCUT2D eigenvalue weighted by molar-refractivity contribution is -0.157. The number of hydrogen-bond acceptors (Lipinski definition) is 4. The fourth-order valence-corrected chi connectivity index (χ4v) is 2.91. The maximum Gasteiger partial charge on any atom is 0.406 e. The van der Waals surface area contributed by atoms with E-state index in [0.29, 0.717) is 11.4 Å². The number of hydrogen-bond donors (Lipinski definition) is 2. The summed E-state index contributed by atoms with van der Waals surface area (Å²) in [5.74, 6) is -1.62. The van der Waals surface area contributed by atoms with Crippen LogP contribution in [0, 0.1) is 5.92 Å². The van der Waals surface area contributed by atoms with Crippen LogP contribution < -0.4 is 10.6 Å². The minimum atomic E-state index is -4.43. The molecule has 140 valence electrons. The summed E-state index contributed by atoms with van der Waals surface area (Å²) in [5.41, 5.74) is 0. The van der Waals surface area contributed by atoms with Crippen molar-refractivity contribution in [1.29, 1.82) is 0 Å². The van der Waals surface area contributed by atoms with Gasteiger partial charge in [-0.15, -0.1) is 12.4 Å². The second kappa shape index (κ2) is 9.43. The molecule has 6 nitrogen and oxygen atoms in total. The van der Waals surface area contributed by atoms with E-state index < -0.39 is 24.5 Å². The van der Waals surface area contributed by atoms with Crippen molar-refractivity contribution in [2.75, 3.05) is 52.4 Å². The Bertz CT molecular complexity index is 431. The molecule has 2 saturated heterocycles. The highest BCUT2D eigenvalue weighted by Gasteiger charge is 2.40. The summed E-state index contributed by atoms with van der Waals surface area (Å²) >= 11 is 0. The van der Waals surface area contributed by atoms with Gasteiger partial charge < -0.3 is 20.4 Å². The van der Waals surface area contributed by atoms with Crippen LogP contribution in [0.2, 0.25) is 0 Å². The lowest BCUT2D eigenvalue weighted by Gasteiger charge is -2.27. The summed E-state index contributed by atoms with van der Waals surface area (Å²) in [5, 5.41) is 5.98. The van der Waals surface area contributed by atoms with Crippen molar-refractivity contribution in [2.45, 2.75) is 19.0 Å². The Kier molecular flexibility index (Phi) is 8.24. The number of carbonyl (C=O) groups excluding carboxylic acids is 2. The Labute approximate surface area is 145 Å². The third-order valence-corrected chi connectivity index (χ3v) is 4.12. The normalized spacial score (nSPS) is 22.4. The third kappa shape index (κ3) is 6.82. The van der Waals surface area contributed by atoms with Gasteiger partial charge in [-0.05, 0) is 13.0 Å². The molecule has 2 fully saturated rings. The number of likely N-dealkylation sites (tertiary alicyclic amines) is 1. The highest BCUT2D eigenvalue weighted by atomic mass is 35.5. The first-order valence-electron chi connectivity index (χ1n) is 7.90. The van der Waals surface area contributed by atoms with Crippen molar-refractivity contribution >= 4 is 24.2 Å². The van der Waals surface area contributed by atoms with Crippen LogP contribution in [0.1, 0.15) is 12.8 Å². The van der Waals surface area contributed by atoms with Gasteiger partial charge >= 0.3 is 6.18 Å². The second-order valence-electron chi connectivity index (χ2n) is 6.03. The maximum atomic E-state index is 12.3. The van der Waals surface area contributed by atoms with E-state index >= 15 is 0 Å². The summed E-state index contributed by atoms with van der Waals surface area (Å²) < 4.78 is 37.0. The number of rotatable bonds is 6. The van der Waals surface area contributed by atoms with Crippen LogP contribution in [0.4, 0.5) is 13.2 Å². The van der Waals surface area contributed by atoms with Crippen LogP contribution in [0.25, 0.3) is 0 Å². The molecule has 2 heterocycles. The zero-order chi connectivity index (χ0) is 16.9. The van der Waals surface area contributed by atoms with Gasteiger partial charge in [-0.25, -0.2) is 0 Å². The second-order valence-corrected chi connectivity index (χ2v) is 6.03. The number of amides is 2. The highest BCUT2D eigenvalue weighted by Crippen LogP contribution is 2.23. The summed E-state index contributed by atoms with van der Waals surface area (Å²) in [6, 6.07) is 0. The average molecular weight is 373 g/mol. The lowest BCUT2D eigenvalue weighted by Crippen LogP contribution is -2.44. The number of halogens is 4. The number of nitrogens with zero attached hydrogens (tertiary/aromatic N) is 2. The summed E-state index contributed by atoms with van der Waals surface area (Å²) in [7, 11) is 0. The molecule has 0 saturated carbocycles. The zero-order valence-corrected chi connectivity index (χ0v) is 14.2. The molecule has 1 atom stereocenters. The minimum Gasteiger partial charge on any atom is -0.356 e. The molecule has 0 aromatic rings. The SMILES string of the molecule is Cl.O=C(NCCCN1CCNCC1)C1CC(=O)N(CC(F)(F)F)C1. The number of piperazine rings is 1. The number of carbonyl (C=O) groups is 2. The predicted molar refractivity (Wildman–Crippen MR) is 84.9 cm³/mol. The first-order chi connectivity index (χ1) is 10.8. The Morgan fingerprint density at radius 1 is 1.29 bits per heavy atom. The molecule has 0 aromatic heterocycles. The fraction of sp³-hybridized carbons (Fsp3) is 0.857. The highest BCUT2D eigenvalue weighted by molar-refractivity contribution is 5.89. The molecule has 2 aliphatic rings. The Balaban J connectivity index is 0.00000288. The van der Waals surface area contributed by atoms with E-state index in [1.165, 1.54) is 0 Å². The predicted octanol–water partition coefficient (Wildman–Crippen LogP) is 0.230. The molecule has 2 amide bonds. The maximum absolute atomic E-state index is 12.3. The van der Waals surface area contributed by atoms with Gasteiger partial charge in [0.1, 0.15) is 6.54 Å². The van der Waals surface area contributed by atoms with E-state index in [9.17, 15) is 22.8 Å². The van der Waals surface area contributed by atoms with Crippen molar-refractivity contribution in [3.8, 4) is 0 Å². The molecule has 0 aliphatic carbocycles. The van der Waals surface area contributed by atoms with Gasteiger partial charge in [0.2, 0.25) is 11.8 Å². The van der Waals surface area contributed by atoms with Crippen molar-refractivity contribution < 1.29 is 22.8 Å². The van der Waals surface area contributed by atoms with Crippen molar-refractivity contribution in [3.05, 3.63) is 0 Å². The number of nitrogens with one attached hydrogen (secondary N) is 2. The molecule has 10 heteroatoms. The molecule has 0 bridgehead atoms. The Morgan fingerprint density at radius 3 is 2.58 bits per heavy atom. The van der Waals surface area contributed by atoms with Crippen LogP contribution >= 0.6 is 12.4 Å². The first kappa shape index (κ1) is 21.0. The summed E-state index contributed by atoms with van der Waals surface area (Å²) in [6.07, 6.45) is -3.78. The van der Waals surface area contributed by atoms with Crippen LogP contribution in [-0.2, 0) is 9.59 Å². The molecule has 2 N–H and O–H groups in total. The first-order valence-corrected chi connectivity index (χ1v) is 7.90. The van der Waals surface area contributed by atoms with Gasteiger partial charge in [-0.1, -0.05) is 0 Å². The molecular weight excluding hydrogens is 349 g/mol. The van der Waals surface area contributed by atoms with Crippen LogP contribution in [0.15, 0.2) is 0 Å². The van der Waals surface area contributed by atoms with E-state index in [2.05, 4.69) is 15.5 Å². The monoisotopic (exact) mass is 372 g/mol. The largest absolute Gasteiger partial charge is 0.406 e. The van der Waals surface area contributed by atoms with E-state index in [0.717, 1.165) is 39.1 Å². The van der Waals surface area contributed by atoms with Gasteiger partial charge in [-0.2, -0.15) is 13.2 Å². The quantitative estimate of drug-likeness (QED) is 0.655. The molecule has 2 aliphatic heterocycles. The van der Waals surface area contributed by atoms with Gasteiger partial charge in [0.05, 0.1) is 5.92 Å². The fourth-order valence-electron chi connectivity index (χ4n) is 2.91. The smallest absolute Gasteiger partial charge is 0.356 e. The van der Waals surface area contributed by atoms with E-state index in [4.69, 9.17) is 0 Å². The molecular formula is C14H24ClF3N4O2. The molecule has 0 aromatic carbocycles. The van der Waals surface area contributed by atoms with Crippen molar-refractivity contribution in [3.63, 3.8) is 0 Å². The Hall–Kier alpha value is -1.06. The Morgan fingerprint density at radius 2 is 1.96 bits per heavy atom. The lowest BCUT2D eigenvalue weighted by atomic mass is 10.1. The topological polar surface area (TPSA) is 64.7 Å². The van der Waals surface area contributed by atoms with E-state index in [1.54, 1.807) is 0 Å². The summed E-state index contributed by atoms with van der Waals surface area (Å²) in [6.45, 7) is 3.82. The van der Waals surface area contributed by atoms with Gasteiger partial charge in [0.25, 0.3) is 0 Å². The van der Waals surface area contributed by atoms with Crippen molar-refractivity contribution in [1.82, 2.24) is 20.4 Å². The van der Waals surface area contributed by atoms with Gasteiger partial charge in [0.15, 0.2) is 0 Å². The van der Waals surface area contributed by atoms with Gasteiger partial charge in [-0.3, -0.25) is 9.59 Å². The molecule has 1 unspecified atom stereocenters. The standard InChI is InChI=1S/C14H23F3N4O2.ClH/c15-14(16,17)10-21-9-11(8-12(21)22)13(23)19-2-1-5-20-6-3-18-4-7-20;/h11,18H,1-10H2,(H,19,23);1H. The van der Waals surface area contributed by atoms with Gasteiger partial charge in [0, 0.05) is 45.7 Å². The van der Waals surface area contributed by atoms with Crippen LogP contribution in [0.3, 0.4) is 0 Å². The minimum absolute atomic E-state index is 0. The number of alkyl halides is 3. The van der Waals surface area contributed by atoms with Crippen molar-refractivity contribution in [2.24, 2.45) is 5.92 Å². The third-order valence-electron chi connectivity index (χ3n) is 4.12. The van der Waals surface area contributed by atoms with Crippen LogP contribution in [-0.4, -0.2) is 80.1 Å². The van der Waals surface area contributed by atoms with E-state index in [-0.39, 0.29) is 31.3 Å². The molecule has 2 rings (SSSR count). The zero-order valence-electron chi connectivity index (χ0n) is 13.4. The molecule has 0 radical (unpaired) electrons. The molecule has 0 spiro atoms. The van der Waals surface area contributed by atoms with E-state index in [1.807, 2.05) is 0 Å². The van der Waals surface area contributed by atoms with Crippen LogP contribution in [0.5, 0.6) is 0 Å².